The molecule has 1 aromatic carbocycles. The van der Waals surface area contributed by atoms with Crippen LogP contribution in [0.4, 0.5) is 4.39 Å². The van der Waals surface area contributed by atoms with Crippen molar-refractivity contribution in [1.29, 1.82) is 0 Å². The molecule has 0 spiro atoms. The molecule has 24 heavy (non-hydrogen) atoms. The number of hydrogen-bond donors (Lipinski definition) is 2. The smallest absolute Gasteiger partial charge is 0.274 e. The van der Waals surface area contributed by atoms with Gasteiger partial charge in [-0.05, 0) is 69.9 Å². The molecule has 1 aliphatic heterocycles. The molecule has 0 saturated heterocycles. The van der Waals surface area contributed by atoms with Gasteiger partial charge in [0, 0.05) is 30.3 Å². The molecule has 1 fully saturated rings. The summed E-state index contributed by atoms with van der Waals surface area (Å²) in [5.74, 6) is -0.307. The van der Waals surface area contributed by atoms with Crippen molar-refractivity contribution in [1.82, 2.24) is 15.3 Å². The topological polar surface area (TPSA) is 55.8 Å². The van der Waals surface area contributed by atoms with E-state index in [-0.39, 0.29) is 11.4 Å². The third kappa shape index (κ3) is 3.45. The van der Waals surface area contributed by atoms with Crippen LogP contribution in [0.15, 0.2) is 12.1 Å². The van der Waals surface area contributed by atoms with Gasteiger partial charge in [0.25, 0.3) is 5.91 Å². The third-order valence-electron chi connectivity index (χ3n) is 5.47. The number of fused-ring (bicyclic) bond motifs is 1. The highest BCUT2D eigenvalue weighted by atomic mass is 19.1. The van der Waals surface area contributed by atoms with Gasteiger partial charge in [-0.25, -0.2) is 9.87 Å². The largest absolute Gasteiger partial charge is 0.309 e. The van der Waals surface area contributed by atoms with Crippen LogP contribution >= 0.6 is 0 Å². The SMILES string of the molecule is CN(C)CCC1CC[C@H]1N1CCc2cc(C(=O)NO)cc(F)c2C1. The van der Waals surface area contributed by atoms with Crippen LogP contribution in [0.5, 0.6) is 0 Å². The molecule has 2 aliphatic rings. The Morgan fingerprint density at radius 2 is 2.21 bits per heavy atom. The molecule has 132 valence electrons. The highest BCUT2D eigenvalue weighted by molar-refractivity contribution is 5.93. The van der Waals surface area contributed by atoms with Gasteiger partial charge in [-0.3, -0.25) is 14.9 Å². The highest BCUT2D eigenvalue weighted by Gasteiger charge is 2.37. The zero-order chi connectivity index (χ0) is 17.3. The molecule has 2 atom stereocenters. The maximum atomic E-state index is 14.4. The molecule has 0 radical (unpaired) electrons. The molecule has 6 heteroatoms. The predicted molar refractivity (Wildman–Crippen MR) is 89.4 cm³/mol. The van der Waals surface area contributed by atoms with Crippen molar-refractivity contribution in [2.45, 2.75) is 38.3 Å². The van der Waals surface area contributed by atoms with E-state index in [0.29, 0.717) is 24.1 Å². The maximum Gasteiger partial charge on any atom is 0.274 e. The van der Waals surface area contributed by atoms with Crippen LogP contribution in [-0.4, -0.2) is 54.1 Å². The van der Waals surface area contributed by atoms with Crippen LogP contribution in [-0.2, 0) is 13.0 Å². The third-order valence-corrected chi connectivity index (χ3v) is 5.47. The van der Waals surface area contributed by atoms with Gasteiger partial charge >= 0.3 is 0 Å². The van der Waals surface area contributed by atoms with Gasteiger partial charge in [-0.2, -0.15) is 0 Å². The summed E-state index contributed by atoms with van der Waals surface area (Å²) in [4.78, 5) is 16.1. The molecule has 1 amide bonds. The Hall–Kier alpha value is -1.50. The van der Waals surface area contributed by atoms with Crippen LogP contribution in [0, 0.1) is 11.7 Å². The number of carbonyl (C=O) groups excluding carboxylic acids is 1. The molecule has 2 N–H and O–H groups in total. The molecule has 3 rings (SSSR count). The van der Waals surface area contributed by atoms with Crippen molar-refractivity contribution in [2.75, 3.05) is 27.2 Å². The number of halogens is 1. The number of rotatable bonds is 5. The summed E-state index contributed by atoms with van der Waals surface area (Å²) in [6.45, 7) is 2.62. The standard InChI is InChI=1S/C18H26FN3O2/c1-21(2)7-5-12-3-4-17(12)22-8-6-13-9-14(18(23)20-24)10-16(19)15(13)11-22/h9-10,12,17,24H,3-8,11H2,1-2H3,(H,20,23)/t12?,17-/m1/s1. The number of hydrogen-bond acceptors (Lipinski definition) is 4. The molecule has 1 heterocycles. The van der Waals surface area contributed by atoms with Crippen molar-refractivity contribution in [3.05, 3.63) is 34.6 Å². The Morgan fingerprint density at radius 3 is 2.83 bits per heavy atom. The van der Waals surface area contributed by atoms with Gasteiger partial charge in [0.15, 0.2) is 0 Å². The lowest BCUT2D eigenvalue weighted by atomic mass is 9.75. The molecule has 1 unspecified atom stereocenters. The van der Waals surface area contributed by atoms with E-state index in [2.05, 4.69) is 23.9 Å². The van der Waals surface area contributed by atoms with E-state index < -0.39 is 5.91 Å². The first-order valence-electron chi connectivity index (χ1n) is 8.64. The normalized spacial score (nSPS) is 23.7. The first-order chi connectivity index (χ1) is 11.5. The lowest BCUT2D eigenvalue weighted by molar-refractivity contribution is 0.0419. The summed E-state index contributed by atoms with van der Waals surface area (Å²) in [5.41, 5.74) is 3.33. The molecular formula is C18H26FN3O2. The summed E-state index contributed by atoms with van der Waals surface area (Å²) in [6.07, 6.45) is 4.40. The lowest BCUT2D eigenvalue weighted by Crippen LogP contribution is -2.49. The van der Waals surface area contributed by atoms with E-state index in [4.69, 9.17) is 5.21 Å². The second-order valence-electron chi connectivity index (χ2n) is 7.25. The van der Waals surface area contributed by atoms with Crippen LogP contribution in [0.25, 0.3) is 0 Å². The number of nitrogens with one attached hydrogen (secondary N) is 1. The number of hydroxylamine groups is 1. The number of benzene rings is 1. The van der Waals surface area contributed by atoms with Crippen molar-refractivity contribution in [3.63, 3.8) is 0 Å². The van der Waals surface area contributed by atoms with E-state index in [1.165, 1.54) is 25.3 Å². The monoisotopic (exact) mass is 335 g/mol. The van der Waals surface area contributed by atoms with E-state index in [0.717, 1.165) is 25.1 Å². The average Bonchev–Trinajstić information content (AvgIpc) is 2.53. The summed E-state index contributed by atoms with van der Waals surface area (Å²) >= 11 is 0. The minimum atomic E-state index is -0.665. The Bertz CT molecular complexity index is 621. The molecular weight excluding hydrogens is 309 g/mol. The van der Waals surface area contributed by atoms with Crippen LogP contribution in [0.2, 0.25) is 0 Å². The Balaban J connectivity index is 1.70. The summed E-state index contributed by atoms with van der Waals surface area (Å²) in [5, 5.41) is 8.72. The second-order valence-corrected chi connectivity index (χ2v) is 7.25. The molecule has 1 aromatic rings. The zero-order valence-corrected chi connectivity index (χ0v) is 14.4. The molecule has 0 bridgehead atoms. The van der Waals surface area contributed by atoms with Gasteiger partial charge < -0.3 is 4.90 Å². The van der Waals surface area contributed by atoms with Gasteiger partial charge in [-0.1, -0.05) is 0 Å². The van der Waals surface area contributed by atoms with Crippen molar-refractivity contribution in [3.8, 4) is 0 Å². The summed E-state index contributed by atoms with van der Waals surface area (Å²) < 4.78 is 14.4. The van der Waals surface area contributed by atoms with E-state index >= 15 is 0 Å². The number of nitrogens with zero attached hydrogens (tertiary/aromatic N) is 2. The minimum absolute atomic E-state index is 0.176. The molecule has 1 aliphatic carbocycles. The van der Waals surface area contributed by atoms with Crippen LogP contribution < -0.4 is 5.48 Å². The number of amides is 1. The van der Waals surface area contributed by atoms with Crippen molar-refractivity contribution >= 4 is 5.91 Å². The van der Waals surface area contributed by atoms with Gasteiger partial charge in [-0.15, -0.1) is 0 Å². The van der Waals surface area contributed by atoms with Crippen molar-refractivity contribution in [2.24, 2.45) is 5.92 Å². The summed E-state index contributed by atoms with van der Waals surface area (Å²) in [7, 11) is 4.20. The Labute approximate surface area is 142 Å². The Morgan fingerprint density at radius 1 is 1.42 bits per heavy atom. The fourth-order valence-electron chi connectivity index (χ4n) is 3.91. The predicted octanol–water partition coefficient (Wildman–Crippen LogP) is 2.03. The first-order valence-corrected chi connectivity index (χ1v) is 8.64. The van der Waals surface area contributed by atoms with Crippen LogP contribution in [0.1, 0.15) is 40.7 Å². The number of carbonyl (C=O) groups is 1. The second kappa shape index (κ2) is 7.17. The van der Waals surface area contributed by atoms with E-state index in [9.17, 15) is 9.18 Å². The highest BCUT2D eigenvalue weighted by Crippen LogP contribution is 2.37. The minimum Gasteiger partial charge on any atom is -0.309 e. The van der Waals surface area contributed by atoms with E-state index in [1.54, 1.807) is 11.5 Å². The first kappa shape index (κ1) is 17.3. The Kier molecular flexibility index (Phi) is 5.18. The average molecular weight is 335 g/mol. The fourth-order valence-corrected chi connectivity index (χ4v) is 3.91. The van der Waals surface area contributed by atoms with Gasteiger partial charge in [0.2, 0.25) is 0 Å². The molecule has 5 nitrogen and oxygen atoms in total. The van der Waals surface area contributed by atoms with Crippen molar-refractivity contribution < 1.29 is 14.4 Å². The lowest BCUT2D eigenvalue weighted by Gasteiger charge is -2.46. The van der Waals surface area contributed by atoms with Crippen LogP contribution in [0.3, 0.4) is 0 Å². The summed E-state index contributed by atoms with van der Waals surface area (Å²) in [6, 6.07) is 3.47. The van der Waals surface area contributed by atoms with Gasteiger partial charge in [0.1, 0.15) is 5.82 Å². The quantitative estimate of drug-likeness (QED) is 0.639. The maximum absolute atomic E-state index is 14.4. The van der Waals surface area contributed by atoms with Gasteiger partial charge in [0.05, 0.1) is 0 Å². The fraction of sp³-hybridized carbons (Fsp3) is 0.611. The molecule has 1 saturated carbocycles. The van der Waals surface area contributed by atoms with E-state index in [1.807, 2.05) is 0 Å². The molecule has 0 aromatic heterocycles. The zero-order valence-electron chi connectivity index (χ0n) is 14.4.